The van der Waals surface area contributed by atoms with Crippen molar-refractivity contribution in [3.05, 3.63) is 0 Å². The van der Waals surface area contributed by atoms with Gasteiger partial charge in [0.2, 0.25) is 11.8 Å². The zero-order valence-electron chi connectivity index (χ0n) is 10.7. The predicted molar refractivity (Wildman–Crippen MR) is 66.5 cm³/mol. The van der Waals surface area contributed by atoms with E-state index in [1.165, 1.54) is 12.8 Å². The van der Waals surface area contributed by atoms with E-state index < -0.39 is 6.04 Å². The van der Waals surface area contributed by atoms with Crippen LogP contribution < -0.4 is 16.0 Å². The van der Waals surface area contributed by atoms with Crippen LogP contribution in [0, 0.1) is 0 Å². The van der Waals surface area contributed by atoms with Crippen molar-refractivity contribution in [1.82, 2.24) is 16.0 Å². The van der Waals surface area contributed by atoms with Gasteiger partial charge in [-0.15, -0.1) is 0 Å². The van der Waals surface area contributed by atoms with Gasteiger partial charge in [-0.3, -0.25) is 9.59 Å². The van der Waals surface area contributed by atoms with Crippen LogP contribution in [0.5, 0.6) is 0 Å². The molecule has 1 fully saturated rings. The Morgan fingerprint density at radius 3 is 2.59 bits per heavy atom. The molecule has 1 rings (SSSR count). The molecule has 2 amide bonds. The van der Waals surface area contributed by atoms with Crippen molar-refractivity contribution in [2.45, 2.75) is 51.6 Å². The monoisotopic (exact) mass is 241 g/mol. The minimum Gasteiger partial charge on any atom is -0.354 e. The Kier molecular flexibility index (Phi) is 5.97. The largest absolute Gasteiger partial charge is 0.354 e. The Labute approximate surface area is 103 Å². The normalized spacial score (nSPS) is 16.4. The molecule has 0 spiro atoms. The summed E-state index contributed by atoms with van der Waals surface area (Å²) in [7, 11) is 0. The summed E-state index contributed by atoms with van der Waals surface area (Å²) in [6, 6.07) is 0.169. The Hall–Kier alpha value is -1.10. The molecule has 0 aliphatic heterocycles. The molecule has 0 heterocycles. The smallest absolute Gasteiger partial charge is 0.242 e. The lowest BCUT2D eigenvalue weighted by molar-refractivity contribution is -0.128. The van der Waals surface area contributed by atoms with E-state index in [-0.39, 0.29) is 11.8 Å². The highest BCUT2D eigenvalue weighted by Gasteiger charge is 2.20. The second-order valence-electron chi connectivity index (χ2n) is 4.56. The molecule has 1 aliphatic carbocycles. The molecular weight excluding hydrogens is 218 g/mol. The maximum absolute atomic E-state index is 11.5. The van der Waals surface area contributed by atoms with Crippen molar-refractivity contribution >= 4 is 11.8 Å². The fourth-order valence-corrected chi connectivity index (χ4v) is 1.46. The van der Waals surface area contributed by atoms with Crippen LogP contribution in [0.2, 0.25) is 0 Å². The van der Waals surface area contributed by atoms with Crippen molar-refractivity contribution in [3.8, 4) is 0 Å². The van der Waals surface area contributed by atoms with E-state index in [1.54, 1.807) is 6.92 Å². The summed E-state index contributed by atoms with van der Waals surface area (Å²) in [5.74, 6) is -0.187. The quantitative estimate of drug-likeness (QED) is 0.567. The van der Waals surface area contributed by atoms with Crippen molar-refractivity contribution in [2.24, 2.45) is 0 Å². The fourth-order valence-electron chi connectivity index (χ4n) is 1.46. The van der Waals surface area contributed by atoms with E-state index in [2.05, 4.69) is 16.0 Å². The van der Waals surface area contributed by atoms with Crippen LogP contribution in [0.25, 0.3) is 0 Å². The average molecular weight is 241 g/mol. The highest BCUT2D eigenvalue weighted by atomic mass is 16.2. The topological polar surface area (TPSA) is 70.2 Å². The van der Waals surface area contributed by atoms with Crippen LogP contribution in [0.1, 0.15) is 39.5 Å². The Morgan fingerprint density at radius 2 is 2.00 bits per heavy atom. The minimum absolute atomic E-state index is 0.0719. The second kappa shape index (κ2) is 7.27. The van der Waals surface area contributed by atoms with Crippen molar-refractivity contribution in [1.29, 1.82) is 0 Å². The molecule has 3 N–H and O–H groups in total. The van der Waals surface area contributed by atoms with Gasteiger partial charge in [-0.25, -0.2) is 0 Å². The summed E-state index contributed by atoms with van der Waals surface area (Å²) in [5.41, 5.74) is 0. The minimum atomic E-state index is -0.449. The van der Waals surface area contributed by atoms with Crippen LogP contribution in [0.3, 0.4) is 0 Å². The molecule has 1 aliphatic rings. The van der Waals surface area contributed by atoms with Gasteiger partial charge in [0, 0.05) is 25.6 Å². The fraction of sp³-hybridized carbons (Fsp3) is 0.833. The number of rotatable bonds is 8. The molecule has 1 unspecified atom stereocenters. The third-order valence-electron chi connectivity index (χ3n) is 2.68. The Bertz CT molecular complexity index is 264. The number of carbonyl (C=O) groups excluding carboxylic acids is 2. The van der Waals surface area contributed by atoms with E-state index in [9.17, 15) is 9.59 Å². The number of carbonyl (C=O) groups is 2. The van der Waals surface area contributed by atoms with Crippen LogP contribution in [0.15, 0.2) is 0 Å². The lowest BCUT2D eigenvalue weighted by Gasteiger charge is -2.13. The summed E-state index contributed by atoms with van der Waals surface area (Å²) in [5, 5.41) is 8.71. The van der Waals surface area contributed by atoms with Gasteiger partial charge >= 0.3 is 0 Å². The van der Waals surface area contributed by atoms with Gasteiger partial charge in [0.15, 0.2) is 0 Å². The molecule has 0 aromatic heterocycles. The van der Waals surface area contributed by atoms with Crippen LogP contribution >= 0.6 is 0 Å². The molecule has 0 aromatic rings. The van der Waals surface area contributed by atoms with E-state index in [4.69, 9.17) is 0 Å². The van der Waals surface area contributed by atoms with Gasteiger partial charge in [0.05, 0.1) is 0 Å². The first-order valence-corrected chi connectivity index (χ1v) is 6.44. The molecule has 0 bridgehead atoms. The number of hydrogen-bond acceptors (Lipinski definition) is 3. The highest BCUT2D eigenvalue weighted by Crippen LogP contribution is 2.18. The average Bonchev–Trinajstić information content (AvgIpc) is 3.09. The summed E-state index contributed by atoms with van der Waals surface area (Å²) < 4.78 is 0. The zero-order chi connectivity index (χ0) is 12.7. The first-order valence-electron chi connectivity index (χ1n) is 6.44. The first-order chi connectivity index (χ1) is 8.13. The zero-order valence-corrected chi connectivity index (χ0v) is 10.7. The van der Waals surface area contributed by atoms with Gasteiger partial charge in [-0.2, -0.15) is 0 Å². The molecular formula is C12H23N3O2. The lowest BCUT2D eigenvalue weighted by atomic mass is 10.3. The maximum atomic E-state index is 11.5. The van der Waals surface area contributed by atoms with E-state index >= 15 is 0 Å². The summed E-state index contributed by atoms with van der Waals surface area (Å²) >= 11 is 0. The van der Waals surface area contributed by atoms with Crippen molar-refractivity contribution < 1.29 is 9.59 Å². The van der Waals surface area contributed by atoms with Gasteiger partial charge in [-0.1, -0.05) is 6.92 Å². The van der Waals surface area contributed by atoms with Gasteiger partial charge in [0.1, 0.15) is 6.04 Å². The van der Waals surface area contributed by atoms with Crippen molar-refractivity contribution in [2.75, 3.05) is 13.1 Å². The third kappa shape index (κ3) is 6.26. The van der Waals surface area contributed by atoms with E-state index in [0.29, 0.717) is 25.6 Å². The number of hydrogen-bond donors (Lipinski definition) is 3. The molecule has 1 saturated carbocycles. The highest BCUT2D eigenvalue weighted by molar-refractivity contribution is 5.87. The van der Waals surface area contributed by atoms with Gasteiger partial charge in [-0.05, 0) is 26.2 Å². The van der Waals surface area contributed by atoms with Crippen LogP contribution in [0.4, 0.5) is 0 Å². The van der Waals surface area contributed by atoms with Gasteiger partial charge < -0.3 is 16.0 Å². The molecule has 1 atom stereocenters. The predicted octanol–water partition coefficient (Wildman–Crippen LogP) is 0.159. The molecule has 98 valence electrons. The summed E-state index contributed by atoms with van der Waals surface area (Å²) in [6.45, 7) is 5.05. The second-order valence-corrected chi connectivity index (χ2v) is 4.56. The first kappa shape index (κ1) is 14.0. The molecule has 0 aromatic carbocycles. The number of amides is 2. The van der Waals surface area contributed by atoms with Gasteiger partial charge in [0.25, 0.3) is 0 Å². The SMILES string of the molecule is CCCNC(=O)C(C)NC(=O)CCNC1CC1. The third-order valence-corrected chi connectivity index (χ3v) is 2.68. The summed E-state index contributed by atoms with van der Waals surface area (Å²) in [6.07, 6.45) is 3.77. The van der Waals surface area contributed by atoms with Crippen molar-refractivity contribution in [3.63, 3.8) is 0 Å². The lowest BCUT2D eigenvalue weighted by Crippen LogP contribution is -2.45. The number of nitrogens with one attached hydrogen (secondary N) is 3. The standard InChI is InChI=1S/C12H23N3O2/c1-3-7-14-12(17)9(2)15-11(16)6-8-13-10-4-5-10/h9-10,13H,3-8H2,1-2H3,(H,14,17)(H,15,16). The molecule has 5 nitrogen and oxygen atoms in total. The Morgan fingerprint density at radius 1 is 1.29 bits per heavy atom. The molecule has 0 radical (unpaired) electrons. The van der Waals surface area contributed by atoms with E-state index in [1.807, 2.05) is 6.92 Å². The van der Waals surface area contributed by atoms with Crippen LogP contribution in [-0.4, -0.2) is 37.0 Å². The van der Waals surface area contributed by atoms with E-state index in [0.717, 1.165) is 6.42 Å². The van der Waals surface area contributed by atoms with Crippen LogP contribution in [-0.2, 0) is 9.59 Å². The Balaban J connectivity index is 2.08. The molecule has 0 saturated heterocycles. The molecule has 17 heavy (non-hydrogen) atoms. The maximum Gasteiger partial charge on any atom is 0.242 e. The molecule has 5 heteroatoms. The summed E-state index contributed by atoms with van der Waals surface area (Å²) in [4.78, 5) is 23.0.